The van der Waals surface area contributed by atoms with Crippen LogP contribution in [0.15, 0.2) is 18.2 Å². The Morgan fingerprint density at radius 2 is 2.31 bits per heavy atom. The van der Waals surface area contributed by atoms with Gasteiger partial charge in [-0.3, -0.25) is 0 Å². The summed E-state index contributed by atoms with van der Waals surface area (Å²) in [7, 11) is 3.72. The van der Waals surface area contributed by atoms with E-state index in [0.717, 1.165) is 18.7 Å². The number of benzene rings is 1. The van der Waals surface area contributed by atoms with Crippen molar-refractivity contribution in [2.75, 3.05) is 25.7 Å². The topological polar surface area (TPSA) is 24.5 Å². The van der Waals surface area contributed by atoms with Crippen molar-refractivity contribution in [3.05, 3.63) is 23.8 Å². The van der Waals surface area contributed by atoms with Gasteiger partial charge in [-0.15, -0.1) is 0 Å². The fourth-order valence-corrected chi connectivity index (χ4v) is 1.64. The van der Waals surface area contributed by atoms with Gasteiger partial charge in [-0.2, -0.15) is 0 Å². The lowest BCUT2D eigenvalue weighted by atomic mass is 10.1. The van der Waals surface area contributed by atoms with Gasteiger partial charge >= 0.3 is 0 Å². The fraction of sp³-hybridized carbons (Fsp3) is 0.400. The van der Waals surface area contributed by atoms with Gasteiger partial charge < -0.3 is 9.75 Å². The van der Waals surface area contributed by atoms with Crippen molar-refractivity contribution >= 4 is 5.69 Å². The average molecular weight is 178 g/mol. The zero-order chi connectivity index (χ0) is 9.26. The van der Waals surface area contributed by atoms with Crippen molar-refractivity contribution in [1.29, 1.82) is 0 Å². The highest BCUT2D eigenvalue weighted by atomic mass is 16.5. The summed E-state index contributed by atoms with van der Waals surface area (Å²) < 4.78 is 5.17. The Morgan fingerprint density at radius 1 is 1.46 bits per heavy atom. The fourth-order valence-electron chi connectivity index (χ4n) is 1.64. The van der Waals surface area contributed by atoms with Gasteiger partial charge in [0.15, 0.2) is 0 Å². The summed E-state index contributed by atoms with van der Waals surface area (Å²) in [4.78, 5) is 0. The first-order chi connectivity index (χ1) is 6.31. The number of nitrogens with zero attached hydrogens (tertiary/aromatic N) is 1. The summed E-state index contributed by atoms with van der Waals surface area (Å²) in [6, 6.07) is 6.20. The molecule has 3 heteroatoms. The molecule has 70 valence electrons. The van der Waals surface area contributed by atoms with Gasteiger partial charge in [-0.25, -0.2) is 5.43 Å². The highest BCUT2D eigenvalue weighted by Gasteiger charge is 2.13. The summed E-state index contributed by atoms with van der Waals surface area (Å²) in [6.45, 7) is 1.01. The van der Waals surface area contributed by atoms with E-state index in [0.29, 0.717) is 0 Å². The second-order valence-electron chi connectivity index (χ2n) is 3.21. The van der Waals surface area contributed by atoms with Crippen LogP contribution in [0.4, 0.5) is 5.69 Å². The van der Waals surface area contributed by atoms with Crippen LogP contribution in [-0.2, 0) is 6.42 Å². The van der Waals surface area contributed by atoms with Crippen LogP contribution >= 0.6 is 0 Å². The molecule has 0 aromatic heterocycles. The van der Waals surface area contributed by atoms with E-state index in [2.05, 4.69) is 17.6 Å². The van der Waals surface area contributed by atoms with Crippen LogP contribution in [-0.4, -0.2) is 20.7 Å². The molecule has 1 N–H and O–H groups in total. The average Bonchev–Trinajstić information content (AvgIpc) is 2.18. The van der Waals surface area contributed by atoms with Crippen molar-refractivity contribution in [2.45, 2.75) is 6.42 Å². The van der Waals surface area contributed by atoms with Gasteiger partial charge in [0.2, 0.25) is 0 Å². The van der Waals surface area contributed by atoms with Crippen LogP contribution in [0.25, 0.3) is 0 Å². The third-order valence-corrected chi connectivity index (χ3v) is 2.40. The van der Waals surface area contributed by atoms with Crippen molar-refractivity contribution in [1.82, 2.24) is 5.43 Å². The van der Waals surface area contributed by atoms with Crippen molar-refractivity contribution in [2.24, 2.45) is 0 Å². The Morgan fingerprint density at radius 3 is 3.08 bits per heavy atom. The van der Waals surface area contributed by atoms with Crippen LogP contribution in [0.3, 0.4) is 0 Å². The van der Waals surface area contributed by atoms with E-state index in [4.69, 9.17) is 4.74 Å². The molecule has 1 aliphatic heterocycles. The van der Waals surface area contributed by atoms with E-state index < -0.39 is 0 Å². The molecule has 0 unspecified atom stereocenters. The largest absolute Gasteiger partial charge is 0.497 e. The maximum atomic E-state index is 5.17. The number of fused-ring (bicyclic) bond motifs is 1. The standard InChI is InChI=1S/C10H14N2O/c1-12-10-7-9(13-2)4-3-8(10)5-6-11-12/h3-4,7,11H,5-6H2,1-2H3. The van der Waals surface area contributed by atoms with Crippen LogP contribution in [0.1, 0.15) is 5.56 Å². The molecule has 1 aromatic carbocycles. The molecule has 0 atom stereocenters. The Kier molecular flexibility index (Phi) is 2.10. The molecule has 2 rings (SSSR count). The second kappa shape index (κ2) is 3.26. The number of hydrogen-bond donors (Lipinski definition) is 1. The first kappa shape index (κ1) is 8.38. The van der Waals surface area contributed by atoms with E-state index in [1.807, 2.05) is 18.1 Å². The van der Waals surface area contributed by atoms with Gasteiger partial charge in [-0.1, -0.05) is 6.07 Å². The molecule has 0 spiro atoms. The van der Waals surface area contributed by atoms with E-state index >= 15 is 0 Å². The molecule has 1 heterocycles. The van der Waals surface area contributed by atoms with Gasteiger partial charge in [0, 0.05) is 19.7 Å². The SMILES string of the molecule is COc1ccc2c(c1)N(C)NCC2. The monoisotopic (exact) mass is 178 g/mol. The molecule has 0 radical (unpaired) electrons. The van der Waals surface area contributed by atoms with Crippen LogP contribution in [0.5, 0.6) is 5.75 Å². The number of nitrogens with one attached hydrogen (secondary N) is 1. The Bertz CT molecular complexity index is 312. The molecule has 13 heavy (non-hydrogen) atoms. The van der Waals surface area contributed by atoms with Gasteiger partial charge in [0.1, 0.15) is 5.75 Å². The first-order valence-electron chi connectivity index (χ1n) is 4.45. The minimum absolute atomic E-state index is 0.911. The molecular weight excluding hydrogens is 164 g/mol. The molecular formula is C10H14N2O. The summed E-state index contributed by atoms with van der Waals surface area (Å²) >= 11 is 0. The van der Waals surface area contributed by atoms with E-state index in [1.165, 1.54) is 11.3 Å². The number of rotatable bonds is 1. The number of hydrogen-bond acceptors (Lipinski definition) is 3. The summed E-state index contributed by atoms with van der Waals surface area (Å²) in [6.07, 6.45) is 1.09. The van der Waals surface area contributed by atoms with Crippen LogP contribution < -0.4 is 15.2 Å². The van der Waals surface area contributed by atoms with Crippen molar-refractivity contribution < 1.29 is 4.74 Å². The molecule has 0 bridgehead atoms. The maximum absolute atomic E-state index is 5.17. The minimum Gasteiger partial charge on any atom is -0.497 e. The third-order valence-electron chi connectivity index (χ3n) is 2.40. The van der Waals surface area contributed by atoms with E-state index in [-0.39, 0.29) is 0 Å². The van der Waals surface area contributed by atoms with Crippen LogP contribution in [0, 0.1) is 0 Å². The molecule has 1 aromatic rings. The molecule has 0 saturated carbocycles. The normalized spacial score (nSPS) is 15.4. The lowest BCUT2D eigenvalue weighted by molar-refractivity contribution is 0.414. The Hall–Kier alpha value is -1.22. The van der Waals surface area contributed by atoms with Crippen LogP contribution in [0.2, 0.25) is 0 Å². The van der Waals surface area contributed by atoms with Crippen molar-refractivity contribution in [3.8, 4) is 5.75 Å². The zero-order valence-electron chi connectivity index (χ0n) is 8.00. The van der Waals surface area contributed by atoms with Gasteiger partial charge in [-0.05, 0) is 18.1 Å². The number of ether oxygens (including phenoxy) is 1. The van der Waals surface area contributed by atoms with Gasteiger partial charge in [0.25, 0.3) is 0 Å². The molecule has 3 nitrogen and oxygen atoms in total. The summed E-state index contributed by atoms with van der Waals surface area (Å²) in [5.74, 6) is 0.911. The number of methoxy groups -OCH3 is 1. The number of hydrazine groups is 1. The van der Waals surface area contributed by atoms with Crippen molar-refractivity contribution in [3.63, 3.8) is 0 Å². The Balaban J connectivity index is 2.41. The zero-order valence-corrected chi connectivity index (χ0v) is 8.00. The molecule has 0 fully saturated rings. The highest BCUT2D eigenvalue weighted by molar-refractivity contribution is 5.57. The van der Waals surface area contributed by atoms with E-state index in [9.17, 15) is 0 Å². The third kappa shape index (κ3) is 1.47. The molecule has 0 saturated heterocycles. The minimum atomic E-state index is 0.911. The molecule has 1 aliphatic rings. The van der Waals surface area contributed by atoms with E-state index in [1.54, 1.807) is 7.11 Å². The quantitative estimate of drug-likeness (QED) is 0.699. The van der Waals surface area contributed by atoms with Gasteiger partial charge in [0.05, 0.1) is 12.8 Å². The highest BCUT2D eigenvalue weighted by Crippen LogP contribution is 2.26. The molecule has 0 aliphatic carbocycles. The lowest BCUT2D eigenvalue weighted by Crippen LogP contribution is -2.40. The lowest BCUT2D eigenvalue weighted by Gasteiger charge is -2.28. The summed E-state index contributed by atoms with van der Waals surface area (Å²) in [5, 5.41) is 2.04. The number of anilines is 1. The Labute approximate surface area is 78.3 Å². The summed E-state index contributed by atoms with van der Waals surface area (Å²) in [5.41, 5.74) is 5.86. The smallest absolute Gasteiger partial charge is 0.120 e. The second-order valence-corrected chi connectivity index (χ2v) is 3.21. The molecule has 0 amide bonds. The maximum Gasteiger partial charge on any atom is 0.120 e. The first-order valence-corrected chi connectivity index (χ1v) is 4.45. The predicted molar refractivity (Wildman–Crippen MR) is 53.1 cm³/mol. The predicted octanol–water partition coefficient (Wildman–Crippen LogP) is 1.19.